The Kier molecular flexibility index (Phi) is 6.53. The van der Waals surface area contributed by atoms with Crippen LogP contribution in [0.25, 0.3) is 0 Å². The van der Waals surface area contributed by atoms with Crippen molar-refractivity contribution >= 4 is 23.7 Å². The maximum Gasteiger partial charge on any atom is 0.326 e. The summed E-state index contributed by atoms with van der Waals surface area (Å²) in [5.74, 6) is -3.51. The Bertz CT molecular complexity index is 381. The minimum Gasteiger partial charge on any atom is -0.480 e. The summed E-state index contributed by atoms with van der Waals surface area (Å²) in [6.45, 7) is 4.65. The Hall–Kier alpha value is -2.12. The molecule has 0 aromatic rings. The van der Waals surface area contributed by atoms with Crippen molar-refractivity contribution in [3.63, 3.8) is 0 Å². The van der Waals surface area contributed by atoms with Gasteiger partial charge in [-0.15, -0.1) is 0 Å². The maximum absolute atomic E-state index is 11.9. The number of nitrogens with two attached hydrogens (primary N) is 1. The van der Waals surface area contributed by atoms with Gasteiger partial charge in [-0.05, 0) is 5.92 Å². The first-order chi connectivity index (χ1) is 8.65. The van der Waals surface area contributed by atoms with Crippen LogP contribution < -0.4 is 16.4 Å². The van der Waals surface area contributed by atoms with Crippen molar-refractivity contribution in [2.24, 2.45) is 11.7 Å². The van der Waals surface area contributed by atoms with Gasteiger partial charge in [-0.1, -0.05) is 13.8 Å². The molecular formula is C11H19N3O5. The molecule has 19 heavy (non-hydrogen) atoms. The first-order valence-electron chi connectivity index (χ1n) is 5.73. The standard InChI is InChI=1S/C11H19N3O5/c1-5(2)9(13-6(3)15)10(17)14-7(11(18)19)4-8(12)16/h5,7,9H,4H2,1-3H3,(H2,12,16)(H,13,15)(H,14,17)(H,18,19). The van der Waals surface area contributed by atoms with Gasteiger partial charge >= 0.3 is 5.97 Å². The van der Waals surface area contributed by atoms with E-state index in [1.165, 1.54) is 6.92 Å². The summed E-state index contributed by atoms with van der Waals surface area (Å²) in [5.41, 5.74) is 4.90. The normalized spacial score (nSPS) is 13.5. The fraction of sp³-hybridized carbons (Fsp3) is 0.636. The van der Waals surface area contributed by atoms with Gasteiger partial charge in [-0.2, -0.15) is 0 Å². The van der Waals surface area contributed by atoms with Gasteiger partial charge in [0.25, 0.3) is 0 Å². The number of primary amides is 1. The average molecular weight is 273 g/mol. The zero-order valence-corrected chi connectivity index (χ0v) is 11.1. The van der Waals surface area contributed by atoms with Gasteiger partial charge in [0.05, 0.1) is 6.42 Å². The molecule has 108 valence electrons. The van der Waals surface area contributed by atoms with Crippen LogP contribution in [0, 0.1) is 5.92 Å². The highest BCUT2D eigenvalue weighted by molar-refractivity contribution is 5.92. The number of rotatable bonds is 7. The molecule has 0 aliphatic heterocycles. The molecule has 0 aliphatic carbocycles. The molecule has 0 bridgehead atoms. The predicted molar refractivity (Wildman–Crippen MR) is 65.8 cm³/mol. The molecule has 0 aliphatic rings. The third-order valence-electron chi connectivity index (χ3n) is 2.33. The monoisotopic (exact) mass is 273 g/mol. The fourth-order valence-corrected chi connectivity index (χ4v) is 1.42. The first kappa shape index (κ1) is 16.9. The minimum absolute atomic E-state index is 0.230. The molecule has 0 spiro atoms. The molecule has 0 radical (unpaired) electrons. The second-order valence-corrected chi connectivity index (χ2v) is 4.49. The zero-order chi connectivity index (χ0) is 15.2. The molecule has 5 N–H and O–H groups in total. The molecule has 0 aromatic carbocycles. The number of nitrogens with one attached hydrogen (secondary N) is 2. The van der Waals surface area contributed by atoms with Crippen LogP contribution in [0.15, 0.2) is 0 Å². The smallest absolute Gasteiger partial charge is 0.326 e. The van der Waals surface area contributed by atoms with Crippen molar-refractivity contribution in [2.45, 2.75) is 39.3 Å². The molecule has 8 nitrogen and oxygen atoms in total. The van der Waals surface area contributed by atoms with E-state index in [9.17, 15) is 19.2 Å². The first-order valence-corrected chi connectivity index (χ1v) is 5.73. The zero-order valence-electron chi connectivity index (χ0n) is 11.1. The average Bonchev–Trinajstić information content (AvgIpc) is 2.23. The molecule has 0 saturated heterocycles. The van der Waals surface area contributed by atoms with Gasteiger partial charge in [0.15, 0.2) is 0 Å². The third-order valence-corrected chi connectivity index (χ3v) is 2.33. The van der Waals surface area contributed by atoms with Gasteiger partial charge in [0.1, 0.15) is 12.1 Å². The lowest BCUT2D eigenvalue weighted by Gasteiger charge is -2.23. The van der Waals surface area contributed by atoms with Gasteiger partial charge in [0, 0.05) is 6.92 Å². The van der Waals surface area contributed by atoms with Crippen LogP contribution in [0.5, 0.6) is 0 Å². The minimum atomic E-state index is -1.40. The van der Waals surface area contributed by atoms with Gasteiger partial charge in [0.2, 0.25) is 17.7 Å². The van der Waals surface area contributed by atoms with Gasteiger partial charge in [-0.25, -0.2) is 4.79 Å². The molecule has 2 unspecified atom stereocenters. The summed E-state index contributed by atoms with van der Waals surface area (Å²) in [4.78, 5) is 44.4. The molecule has 0 rings (SSSR count). The van der Waals surface area contributed by atoms with E-state index in [0.29, 0.717) is 0 Å². The van der Waals surface area contributed by atoms with Crippen molar-refractivity contribution in [3.8, 4) is 0 Å². The number of aliphatic carboxylic acids is 1. The number of amides is 3. The van der Waals surface area contributed by atoms with Crippen LogP contribution in [-0.4, -0.2) is 40.9 Å². The van der Waals surface area contributed by atoms with E-state index in [1.54, 1.807) is 13.8 Å². The Morgan fingerprint density at radius 1 is 1.16 bits per heavy atom. The molecular weight excluding hydrogens is 254 g/mol. The second-order valence-electron chi connectivity index (χ2n) is 4.49. The summed E-state index contributed by atoms with van der Waals surface area (Å²) in [7, 11) is 0. The molecule has 3 amide bonds. The Morgan fingerprint density at radius 2 is 1.68 bits per heavy atom. The molecule has 8 heteroatoms. The van der Waals surface area contributed by atoms with Crippen LogP contribution in [0.1, 0.15) is 27.2 Å². The molecule has 0 fully saturated rings. The van der Waals surface area contributed by atoms with Crippen molar-refractivity contribution in [3.05, 3.63) is 0 Å². The molecule has 0 heterocycles. The lowest BCUT2D eigenvalue weighted by atomic mass is 10.0. The van der Waals surface area contributed by atoms with E-state index >= 15 is 0 Å². The van der Waals surface area contributed by atoms with Gasteiger partial charge < -0.3 is 21.5 Å². The second kappa shape index (κ2) is 7.34. The Labute approximate surface area is 110 Å². The van der Waals surface area contributed by atoms with Crippen LogP contribution in [0.2, 0.25) is 0 Å². The van der Waals surface area contributed by atoms with E-state index in [0.717, 1.165) is 0 Å². The van der Waals surface area contributed by atoms with Crippen LogP contribution >= 0.6 is 0 Å². The van der Waals surface area contributed by atoms with Crippen molar-refractivity contribution in [1.82, 2.24) is 10.6 Å². The van der Waals surface area contributed by atoms with Crippen molar-refractivity contribution in [1.29, 1.82) is 0 Å². The Balaban J connectivity index is 4.80. The van der Waals surface area contributed by atoms with Crippen LogP contribution in [0.3, 0.4) is 0 Å². The third kappa shape index (κ3) is 6.39. The summed E-state index contributed by atoms with van der Waals surface area (Å²) in [6.07, 6.45) is -0.508. The highest BCUT2D eigenvalue weighted by atomic mass is 16.4. The lowest BCUT2D eigenvalue weighted by molar-refractivity contribution is -0.144. The quantitative estimate of drug-likeness (QED) is 0.451. The number of carbonyl (C=O) groups excluding carboxylic acids is 3. The van der Waals surface area contributed by atoms with E-state index in [1.807, 2.05) is 0 Å². The lowest BCUT2D eigenvalue weighted by Crippen LogP contribution is -2.54. The Morgan fingerprint density at radius 3 is 2.00 bits per heavy atom. The van der Waals surface area contributed by atoms with Crippen molar-refractivity contribution < 1.29 is 24.3 Å². The summed E-state index contributed by atoms with van der Waals surface area (Å²) in [5, 5.41) is 13.5. The summed E-state index contributed by atoms with van der Waals surface area (Å²) < 4.78 is 0. The number of hydrogen-bond donors (Lipinski definition) is 4. The molecule has 2 atom stereocenters. The van der Waals surface area contributed by atoms with Crippen LogP contribution in [0.4, 0.5) is 0 Å². The fourth-order valence-electron chi connectivity index (χ4n) is 1.42. The van der Waals surface area contributed by atoms with E-state index < -0.39 is 42.2 Å². The van der Waals surface area contributed by atoms with E-state index in [2.05, 4.69) is 10.6 Å². The maximum atomic E-state index is 11.9. The number of carboxylic acids is 1. The van der Waals surface area contributed by atoms with E-state index in [4.69, 9.17) is 10.8 Å². The highest BCUT2D eigenvalue weighted by Crippen LogP contribution is 2.03. The highest BCUT2D eigenvalue weighted by Gasteiger charge is 2.28. The summed E-state index contributed by atoms with van der Waals surface area (Å²) in [6, 6.07) is -2.27. The van der Waals surface area contributed by atoms with Gasteiger partial charge in [-0.3, -0.25) is 14.4 Å². The number of carboxylic acid groups (broad SMARTS) is 1. The van der Waals surface area contributed by atoms with E-state index in [-0.39, 0.29) is 5.92 Å². The molecule has 0 saturated carbocycles. The summed E-state index contributed by atoms with van der Waals surface area (Å²) >= 11 is 0. The number of carbonyl (C=O) groups is 4. The SMILES string of the molecule is CC(=O)NC(C(=O)NC(CC(N)=O)C(=O)O)C(C)C. The van der Waals surface area contributed by atoms with Crippen LogP contribution in [-0.2, 0) is 19.2 Å². The molecule has 0 aromatic heterocycles. The predicted octanol–water partition coefficient (Wildman–Crippen LogP) is -1.41. The largest absolute Gasteiger partial charge is 0.480 e. The topological polar surface area (TPSA) is 139 Å². The number of hydrogen-bond acceptors (Lipinski definition) is 4. The van der Waals surface area contributed by atoms with Crippen molar-refractivity contribution in [2.75, 3.05) is 0 Å².